The van der Waals surface area contributed by atoms with Crippen LogP contribution in [0.15, 0.2) is 18.5 Å². The van der Waals surface area contributed by atoms with E-state index in [4.69, 9.17) is 0 Å². The monoisotopic (exact) mass is 365 g/mol. The van der Waals surface area contributed by atoms with Gasteiger partial charge in [0, 0.05) is 43.2 Å². The van der Waals surface area contributed by atoms with E-state index in [0.29, 0.717) is 11.3 Å². The van der Waals surface area contributed by atoms with Crippen LogP contribution in [0, 0.1) is 13.8 Å². The van der Waals surface area contributed by atoms with Crippen molar-refractivity contribution < 1.29 is 13.2 Å². The van der Waals surface area contributed by atoms with Crippen LogP contribution in [-0.4, -0.2) is 29.5 Å². The Hall–Kier alpha value is -2.91. The van der Waals surface area contributed by atoms with E-state index in [-0.39, 0.29) is 18.2 Å². The lowest BCUT2D eigenvalue weighted by atomic mass is 10.1. The molecule has 0 radical (unpaired) electrons. The average Bonchev–Trinajstić information content (AvgIpc) is 3.08. The molecule has 0 bridgehead atoms. The fraction of sp³-hybridized carbons (Fsp3) is 0.375. The molecular formula is C16H18F3N7. The molecule has 7 nitrogen and oxygen atoms in total. The Balaban J connectivity index is 1.97. The molecule has 0 saturated heterocycles. The Morgan fingerprint density at radius 1 is 1.00 bits per heavy atom. The van der Waals surface area contributed by atoms with Crippen molar-refractivity contribution in [2.75, 3.05) is 5.32 Å². The molecule has 0 amide bonds. The van der Waals surface area contributed by atoms with Crippen LogP contribution in [0.5, 0.6) is 0 Å². The molecule has 3 aromatic heterocycles. The van der Waals surface area contributed by atoms with Crippen LogP contribution in [-0.2, 0) is 26.8 Å². The number of nitrogens with one attached hydrogen (secondary N) is 1. The Morgan fingerprint density at radius 3 is 2.19 bits per heavy atom. The highest BCUT2D eigenvalue weighted by molar-refractivity contribution is 5.62. The molecule has 138 valence electrons. The van der Waals surface area contributed by atoms with Crippen LogP contribution < -0.4 is 5.32 Å². The van der Waals surface area contributed by atoms with Crippen molar-refractivity contribution in [2.24, 2.45) is 14.1 Å². The molecule has 0 spiro atoms. The predicted molar refractivity (Wildman–Crippen MR) is 89.2 cm³/mol. The smallest absolute Gasteiger partial charge is 0.350 e. The summed E-state index contributed by atoms with van der Waals surface area (Å²) in [6, 6.07) is 0.935. The number of rotatable bonds is 4. The van der Waals surface area contributed by atoms with Gasteiger partial charge >= 0.3 is 6.18 Å². The number of aryl methyl sites for hydroxylation is 2. The van der Waals surface area contributed by atoms with E-state index in [1.807, 2.05) is 6.92 Å². The van der Waals surface area contributed by atoms with E-state index < -0.39 is 11.9 Å². The summed E-state index contributed by atoms with van der Waals surface area (Å²) >= 11 is 0. The van der Waals surface area contributed by atoms with Gasteiger partial charge in [-0.25, -0.2) is 9.97 Å². The molecule has 0 aromatic carbocycles. The van der Waals surface area contributed by atoms with Gasteiger partial charge in [0.05, 0.1) is 18.1 Å². The van der Waals surface area contributed by atoms with Gasteiger partial charge in [0.2, 0.25) is 5.95 Å². The largest absolute Gasteiger partial charge is 0.433 e. The Morgan fingerprint density at radius 2 is 1.65 bits per heavy atom. The maximum atomic E-state index is 13.2. The minimum absolute atomic E-state index is 0.0960. The maximum absolute atomic E-state index is 13.2. The molecule has 0 atom stereocenters. The highest BCUT2D eigenvalue weighted by Gasteiger charge is 2.34. The van der Waals surface area contributed by atoms with Gasteiger partial charge in [0.15, 0.2) is 5.69 Å². The van der Waals surface area contributed by atoms with Crippen LogP contribution in [0.4, 0.5) is 19.1 Å². The fourth-order valence-corrected chi connectivity index (χ4v) is 2.45. The zero-order valence-corrected chi connectivity index (χ0v) is 14.8. The van der Waals surface area contributed by atoms with Gasteiger partial charge in [-0.1, -0.05) is 0 Å². The topological polar surface area (TPSA) is 73.5 Å². The van der Waals surface area contributed by atoms with Gasteiger partial charge in [0.1, 0.15) is 0 Å². The molecule has 3 rings (SSSR count). The standard InChI is InChI=1S/C16H18F3N7/c1-9-11(7-21-25(9)3)6-20-15-23-13(5-14(24-15)16(17,18)19)12-8-22-26(4)10(12)2/h5,7-8H,6H2,1-4H3,(H,20,23,24). The van der Waals surface area contributed by atoms with Crippen LogP contribution in [0.25, 0.3) is 11.3 Å². The van der Waals surface area contributed by atoms with Crippen molar-refractivity contribution in [3.8, 4) is 11.3 Å². The summed E-state index contributed by atoms with van der Waals surface area (Å²) in [5, 5.41) is 11.0. The summed E-state index contributed by atoms with van der Waals surface area (Å²) in [4.78, 5) is 7.86. The lowest BCUT2D eigenvalue weighted by Gasteiger charge is -2.11. The first-order chi connectivity index (χ1) is 12.2. The second-order valence-electron chi connectivity index (χ2n) is 5.96. The average molecular weight is 365 g/mol. The van der Waals surface area contributed by atoms with E-state index in [1.54, 1.807) is 36.6 Å². The third kappa shape index (κ3) is 3.39. The molecule has 26 heavy (non-hydrogen) atoms. The number of hydrogen-bond acceptors (Lipinski definition) is 5. The van der Waals surface area contributed by atoms with Crippen molar-refractivity contribution in [3.05, 3.63) is 41.1 Å². The number of anilines is 1. The van der Waals surface area contributed by atoms with Gasteiger partial charge in [-0.2, -0.15) is 23.4 Å². The Labute approximate surface area is 147 Å². The second kappa shape index (κ2) is 6.43. The normalized spacial score (nSPS) is 11.8. The van der Waals surface area contributed by atoms with Crippen LogP contribution in [0.3, 0.4) is 0 Å². The third-order valence-electron chi connectivity index (χ3n) is 4.30. The number of halogens is 3. The van der Waals surface area contributed by atoms with Crippen molar-refractivity contribution in [3.63, 3.8) is 0 Å². The molecule has 3 heterocycles. The summed E-state index contributed by atoms with van der Waals surface area (Å²) < 4.78 is 43.0. The van der Waals surface area contributed by atoms with Crippen molar-refractivity contribution >= 4 is 5.95 Å². The lowest BCUT2D eigenvalue weighted by Crippen LogP contribution is -2.13. The molecule has 0 saturated carbocycles. The minimum Gasteiger partial charge on any atom is -0.350 e. The van der Waals surface area contributed by atoms with Crippen molar-refractivity contribution in [1.82, 2.24) is 29.5 Å². The zero-order valence-electron chi connectivity index (χ0n) is 14.8. The Kier molecular flexibility index (Phi) is 4.43. The molecular weight excluding hydrogens is 347 g/mol. The highest BCUT2D eigenvalue weighted by Crippen LogP contribution is 2.32. The van der Waals surface area contributed by atoms with Gasteiger partial charge in [-0.3, -0.25) is 9.36 Å². The first-order valence-corrected chi connectivity index (χ1v) is 7.83. The first-order valence-electron chi connectivity index (χ1n) is 7.83. The molecule has 0 aliphatic rings. The summed E-state index contributed by atoms with van der Waals surface area (Å²) in [7, 11) is 3.51. The van der Waals surface area contributed by atoms with Crippen molar-refractivity contribution in [2.45, 2.75) is 26.6 Å². The number of alkyl halides is 3. The molecule has 3 aromatic rings. The number of hydrogen-bond donors (Lipinski definition) is 1. The van der Waals surface area contributed by atoms with E-state index in [2.05, 4.69) is 25.5 Å². The van der Waals surface area contributed by atoms with Gasteiger partial charge in [-0.05, 0) is 19.9 Å². The Bertz CT molecular complexity index is 940. The zero-order chi connectivity index (χ0) is 19.1. The number of aromatic nitrogens is 6. The highest BCUT2D eigenvalue weighted by atomic mass is 19.4. The van der Waals surface area contributed by atoms with Crippen molar-refractivity contribution in [1.29, 1.82) is 0 Å². The summed E-state index contributed by atoms with van der Waals surface area (Å²) in [6.45, 7) is 3.91. The molecule has 10 heteroatoms. The third-order valence-corrected chi connectivity index (χ3v) is 4.30. The summed E-state index contributed by atoms with van der Waals surface area (Å²) in [5.41, 5.74) is 2.17. The lowest BCUT2D eigenvalue weighted by molar-refractivity contribution is -0.141. The van der Waals surface area contributed by atoms with Gasteiger partial charge < -0.3 is 5.32 Å². The fourth-order valence-electron chi connectivity index (χ4n) is 2.45. The first kappa shape index (κ1) is 17.9. The molecule has 1 N–H and O–H groups in total. The summed E-state index contributed by atoms with van der Waals surface area (Å²) in [5.74, 6) is -0.0960. The SMILES string of the molecule is Cc1c(CNc2nc(-c3cnn(C)c3C)cc(C(F)(F)F)n2)cnn1C. The van der Waals surface area contributed by atoms with Crippen LogP contribution in [0.2, 0.25) is 0 Å². The van der Waals surface area contributed by atoms with Gasteiger partial charge in [0.25, 0.3) is 0 Å². The minimum atomic E-state index is -4.57. The van der Waals surface area contributed by atoms with E-state index in [9.17, 15) is 13.2 Å². The van der Waals surface area contributed by atoms with Gasteiger partial charge in [-0.15, -0.1) is 0 Å². The molecule has 0 aliphatic carbocycles. The van der Waals surface area contributed by atoms with E-state index in [0.717, 1.165) is 17.3 Å². The van der Waals surface area contributed by atoms with Crippen LogP contribution >= 0.6 is 0 Å². The molecule has 0 aliphatic heterocycles. The van der Waals surface area contributed by atoms with E-state index >= 15 is 0 Å². The quantitative estimate of drug-likeness (QED) is 0.770. The van der Waals surface area contributed by atoms with E-state index in [1.165, 1.54) is 6.20 Å². The van der Waals surface area contributed by atoms with Crippen LogP contribution in [0.1, 0.15) is 22.6 Å². The molecule has 0 unspecified atom stereocenters. The summed E-state index contributed by atoms with van der Waals surface area (Å²) in [6.07, 6.45) is -1.43. The second-order valence-corrected chi connectivity index (χ2v) is 5.96. The molecule has 0 fully saturated rings. The number of nitrogens with zero attached hydrogens (tertiary/aromatic N) is 6. The maximum Gasteiger partial charge on any atom is 0.433 e. The predicted octanol–water partition coefficient (Wildman–Crippen LogP) is 2.86.